The Bertz CT molecular complexity index is 969. The summed E-state index contributed by atoms with van der Waals surface area (Å²) in [7, 11) is 0. The van der Waals surface area contributed by atoms with Crippen molar-refractivity contribution >= 4 is 23.7 Å². The number of fused-ring (bicyclic) bond motifs is 2. The Morgan fingerprint density at radius 1 is 1.03 bits per heavy atom. The number of rotatable bonds is 4. The lowest BCUT2D eigenvalue weighted by atomic mass is 9.60. The van der Waals surface area contributed by atoms with E-state index in [1.54, 1.807) is 13.8 Å². The standard InChI is InChI=1S/C26H36O9/c1-13-8-9-20(31)18(12-27)10-22(34-16(4)29)19-11-21(33-15(3)28)14(2)23(26(19,6)7)25(24(13)32)35-17(5)30/h8,10,19-22,25,27,31H,9,11-12H2,1-7H3/b13-8-,18-10-/t19-,20-,21-,22-,25+/m0/s1. The molecule has 0 spiro atoms. The molecule has 2 aliphatic carbocycles. The summed E-state index contributed by atoms with van der Waals surface area (Å²) in [6.07, 6.45) is -0.842. The second-order valence-electron chi connectivity index (χ2n) is 9.72. The van der Waals surface area contributed by atoms with Crippen molar-refractivity contribution < 1.29 is 43.6 Å². The summed E-state index contributed by atoms with van der Waals surface area (Å²) >= 11 is 0. The van der Waals surface area contributed by atoms with Crippen LogP contribution in [0.5, 0.6) is 0 Å². The number of Topliss-reactive ketones (excluding diaryl/α,β-unsaturated/α-hetero) is 1. The van der Waals surface area contributed by atoms with Gasteiger partial charge in [0.2, 0.25) is 5.78 Å². The molecule has 0 heterocycles. The summed E-state index contributed by atoms with van der Waals surface area (Å²) in [6, 6.07) is 0. The Hall–Kier alpha value is -2.78. The maximum Gasteiger partial charge on any atom is 0.303 e. The molecule has 0 aromatic carbocycles. The second kappa shape index (κ2) is 11.3. The van der Waals surface area contributed by atoms with E-state index < -0.39 is 66.0 Å². The van der Waals surface area contributed by atoms with Crippen LogP contribution in [0.15, 0.2) is 34.4 Å². The van der Waals surface area contributed by atoms with Gasteiger partial charge in [-0.25, -0.2) is 0 Å². The first-order chi connectivity index (χ1) is 16.2. The minimum Gasteiger partial charge on any atom is -0.458 e. The van der Waals surface area contributed by atoms with Gasteiger partial charge >= 0.3 is 17.9 Å². The van der Waals surface area contributed by atoms with Gasteiger partial charge in [0.25, 0.3) is 0 Å². The predicted molar refractivity (Wildman–Crippen MR) is 126 cm³/mol. The van der Waals surface area contributed by atoms with Gasteiger partial charge < -0.3 is 24.4 Å². The molecule has 0 unspecified atom stereocenters. The fourth-order valence-electron chi connectivity index (χ4n) is 5.07. The van der Waals surface area contributed by atoms with Crippen LogP contribution in [0, 0.1) is 11.3 Å². The summed E-state index contributed by atoms with van der Waals surface area (Å²) < 4.78 is 16.8. The molecule has 0 amide bonds. The molecule has 2 aliphatic rings. The average Bonchev–Trinajstić information content (AvgIpc) is 2.73. The third kappa shape index (κ3) is 6.46. The van der Waals surface area contributed by atoms with Gasteiger partial charge in [0.1, 0.15) is 12.2 Å². The summed E-state index contributed by atoms with van der Waals surface area (Å²) in [5.41, 5.74) is 0.659. The number of carbonyl (C=O) groups is 4. The molecule has 35 heavy (non-hydrogen) atoms. The number of hydrogen-bond acceptors (Lipinski definition) is 9. The van der Waals surface area contributed by atoms with Gasteiger partial charge in [-0.1, -0.05) is 19.9 Å². The molecule has 0 radical (unpaired) electrons. The zero-order valence-electron chi connectivity index (χ0n) is 21.4. The fourth-order valence-corrected chi connectivity index (χ4v) is 5.07. The van der Waals surface area contributed by atoms with Crippen LogP contribution in [-0.2, 0) is 33.4 Å². The normalized spacial score (nSPS) is 32.1. The molecule has 5 atom stereocenters. The molecular weight excluding hydrogens is 456 g/mol. The topological polar surface area (TPSA) is 136 Å². The number of carbonyl (C=O) groups excluding carboxylic acids is 4. The van der Waals surface area contributed by atoms with Crippen molar-refractivity contribution in [2.75, 3.05) is 6.61 Å². The predicted octanol–water partition coefficient (Wildman–Crippen LogP) is 2.34. The number of ether oxygens (including phenoxy) is 3. The van der Waals surface area contributed by atoms with Gasteiger partial charge in [-0.2, -0.15) is 0 Å². The highest BCUT2D eigenvalue weighted by Crippen LogP contribution is 2.50. The van der Waals surface area contributed by atoms with Gasteiger partial charge in [-0.3, -0.25) is 19.2 Å². The summed E-state index contributed by atoms with van der Waals surface area (Å²) in [5, 5.41) is 20.7. The maximum atomic E-state index is 13.6. The van der Waals surface area contributed by atoms with Crippen LogP contribution in [0.1, 0.15) is 61.3 Å². The largest absolute Gasteiger partial charge is 0.458 e. The van der Waals surface area contributed by atoms with E-state index in [0.29, 0.717) is 11.1 Å². The lowest BCUT2D eigenvalue weighted by Crippen LogP contribution is -2.49. The molecular formula is C26H36O9. The number of aliphatic hydroxyl groups is 2. The van der Waals surface area contributed by atoms with E-state index in [2.05, 4.69) is 0 Å². The molecule has 2 N–H and O–H groups in total. The third-order valence-corrected chi connectivity index (χ3v) is 6.81. The Labute approximate surface area is 205 Å². The molecule has 0 aromatic rings. The van der Waals surface area contributed by atoms with Gasteiger partial charge in [-0.15, -0.1) is 0 Å². The molecule has 2 bridgehead atoms. The Kier molecular flexibility index (Phi) is 9.19. The van der Waals surface area contributed by atoms with E-state index in [9.17, 15) is 29.4 Å². The zero-order valence-corrected chi connectivity index (χ0v) is 21.4. The van der Waals surface area contributed by atoms with Crippen LogP contribution >= 0.6 is 0 Å². The zero-order chi connectivity index (χ0) is 26.7. The van der Waals surface area contributed by atoms with Crippen molar-refractivity contribution in [2.24, 2.45) is 11.3 Å². The molecule has 2 rings (SSSR count). The van der Waals surface area contributed by atoms with Gasteiger partial charge in [0.05, 0.1) is 12.7 Å². The van der Waals surface area contributed by atoms with Crippen molar-refractivity contribution in [1.82, 2.24) is 0 Å². The highest BCUT2D eigenvalue weighted by atomic mass is 16.6. The van der Waals surface area contributed by atoms with Crippen LogP contribution in [-0.4, -0.2) is 64.9 Å². The van der Waals surface area contributed by atoms with E-state index in [4.69, 9.17) is 14.2 Å². The monoisotopic (exact) mass is 492 g/mol. The Morgan fingerprint density at radius 3 is 2.11 bits per heavy atom. The van der Waals surface area contributed by atoms with Crippen molar-refractivity contribution in [2.45, 2.75) is 85.7 Å². The van der Waals surface area contributed by atoms with Crippen molar-refractivity contribution in [1.29, 1.82) is 0 Å². The third-order valence-electron chi connectivity index (χ3n) is 6.81. The van der Waals surface area contributed by atoms with E-state index in [1.807, 2.05) is 13.8 Å². The minimum absolute atomic E-state index is 0.0196. The fraction of sp³-hybridized carbons (Fsp3) is 0.615. The van der Waals surface area contributed by atoms with Crippen LogP contribution < -0.4 is 0 Å². The molecule has 0 aromatic heterocycles. The first-order valence-corrected chi connectivity index (χ1v) is 11.6. The van der Waals surface area contributed by atoms with Crippen molar-refractivity contribution in [3.63, 3.8) is 0 Å². The van der Waals surface area contributed by atoms with E-state index in [1.165, 1.54) is 32.9 Å². The number of esters is 3. The first kappa shape index (κ1) is 28.5. The quantitative estimate of drug-likeness (QED) is 0.344. The molecule has 9 nitrogen and oxygen atoms in total. The Morgan fingerprint density at radius 2 is 1.60 bits per heavy atom. The maximum absolute atomic E-state index is 13.6. The van der Waals surface area contributed by atoms with E-state index in [-0.39, 0.29) is 24.0 Å². The van der Waals surface area contributed by atoms with Crippen LogP contribution in [0.2, 0.25) is 0 Å². The van der Waals surface area contributed by atoms with Crippen molar-refractivity contribution in [3.8, 4) is 0 Å². The smallest absolute Gasteiger partial charge is 0.303 e. The summed E-state index contributed by atoms with van der Waals surface area (Å²) in [6.45, 7) is 10.2. The minimum atomic E-state index is -1.30. The SMILES string of the molecule is CC(=O)O[C@H]1C(=O)/C(C)=C\C[C@H](O)/C(CO)=C\[C@H](OC(C)=O)[C@@H]2C[C@H](OC(C)=O)C(C)=C1C2(C)C. The lowest BCUT2D eigenvalue weighted by molar-refractivity contribution is -0.156. The molecule has 0 saturated carbocycles. The Balaban J connectivity index is 2.90. The van der Waals surface area contributed by atoms with E-state index in [0.717, 1.165) is 0 Å². The molecule has 0 saturated heterocycles. The summed E-state index contributed by atoms with van der Waals surface area (Å²) in [5.74, 6) is -2.81. The summed E-state index contributed by atoms with van der Waals surface area (Å²) in [4.78, 5) is 49.6. The van der Waals surface area contributed by atoms with Gasteiger partial charge in [0, 0.05) is 26.7 Å². The number of aliphatic hydroxyl groups excluding tert-OH is 2. The molecule has 9 heteroatoms. The average molecular weight is 493 g/mol. The van der Waals surface area contributed by atoms with Crippen LogP contribution in [0.25, 0.3) is 0 Å². The van der Waals surface area contributed by atoms with Gasteiger partial charge in [-0.05, 0) is 60.5 Å². The molecule has 0 aliphatic heterocycles. The lowest BCUT2D eigenvalue weighted by Gasteiger charge is -2.48. The highest BCUT2D eigenvalue weighted by Gasteiger charge is 2.51. The first-order valence-electron chi connectivity index (χ1n) is 11.6. The molecule has 194 valence electrons. The van der Waals surface area contributed by atoms with E-state index >= 15 is 0 Å². The number of hydrogen-bond donors (Lipinski definition) is 2. The van der Waals surface area contributed by atoms with Crippen LogP contribution in [0.3, 0.4) is 0 Å². The molecule has 0 fully saturated rings. The van der Waals surface area contributed by atoms with Crippen LogP contribution in [0.4, 0.5) is 0 Å². The second-order valence-corrected chi connectivity index (χ2v) is 9.72. The highest BCUT2D eigenvalue weighted by molar-refractivity contribution is 6.01. The number of ketones is 1. The van der Waals surface area contributed by atoms with Gasteiger partial charge in [0.15, 0.2) is 6.10 Å². The van der Waals surface area contributed by atoms with Crippen molar-refractivity contribution in [3.05, 3.63) is 34.4 Å².